The molecule has 0 saturated carbocycles. The number of rotatable bonds is 2. The zero-order chi connectivity index (χ0) is 12.5. The van der Waals surface area contributed by atoms with Crippen molar-refractivity contribution in [3.8, 4) is 17.1 Å². The van der Waals surface area contributed by atoms with Gasteiger partial charge < -0.3 is 9.15 Å². The van der Waals surface area contributed by atoms with Crippen LogP contribution in [0.5, 0.6) is 5.75 Å². The second-order valence-corrected chi connectivity index (χ2v) is 4.70. The first-order chi connectivity index (χ1) is 8.79. The van der Waals surface area contributed by atoms with E-state index in [-0.39, 0.29) is 0 Å². The molecule has 0 saturated heterocycles. The number of ether oxygens (including phenoxy) is 1. The fourth-order valence-electron chi connectivity index (χ4n) is 1.88. The summed E-state index contributed by atoms with van der Waals surface area (Å²) >= 11 is 3.51. The first-order valence-corrected chi connectivity index (χ1v) is 6.25. The van der Waals surface area contributed by atoms with E-state index in [1.807, 2.05) is 30.3 Å². The van der Waals surface area contributed by atoms with Gasteiger partial charge in [-0.15, -0.1) is 0 Å². The van der Waals surface area contributed by atoms with Crippen LogP contribution in [-0.4, -0.2) is 12.1 Å². The van der Waals surface area contributed by atoms with E-state index in [0.29, 0.717) is 0 Å². The Kier molecular flexibility index (Phi) is 2.80. The number of halogens is 1. The van der Waals surface area contributed by atoms with Crippen LogP contribution in [0.2, 0.25) is 0 Å². The number of hydrogen-bond acceptors (Lipinski definition) is 3. The van der Waals surface area contributed by atoms with Gasteiger partial charge >= 0.3 is 0 Å². The van der Waals surface area contributed by atoms with Crippen LogP contribution in [0.3, 0.4) is 0 Å². The van der Waals surface area contributed by atoms with E-state index in [2.05, 4.69) is 20.9 Å². The first-order valence-electron chi connectivity index (χ1n) is 5.46. The monoisotopic (exact) mass is 303 g/mol. The van der Waals surface area contributed by atoms with Gasteiger partial charge in [0.2, 0.25) is 0 Å². The first kappa shape index (κ1) is 11.3. The Morgan fingerprint density at radius 3 is 2.89 bits per heavy atom. The van der Waals surface area contributed by atoms with Gasteiger partial charge in [-0.2, -0.15) is 0 Å². The van der Waals surface area contributed by atoms with Crippen LogP contribution in [0.15, 0.2) is 51.6 Å². The summed E-state index contributed by atoms with van der Waals surface area (Å²) in [5.41, 5.74) is 1.69. The molecule has 18 heavy (non-hydrogen) atoms. The molecule has 3 rings (SSSR count). The van der Waals surface area contributed by atoms with Crippen molar-refractivity contribution >= 4 is 26.9 Å². The Morgan fingerprint density at radius 1 is 1.28 bits per heavy atom. The summed E-state index contributed by atoms with van der Waals surface area (Å²) in [7, 11) is 1.63. The number of aromatic nitrogens is 1. The van der Waals surface area contributed by atoms with E-state index < -0.39 is 0 Å². The Hall–Kier alpha value is -1.81. The smallest absolute Gasteiger partial charge is 0.177 e. The second kappa shape index (κ2) is 4.46. The molecule has 0 aliphatic heterocycles. The van der Waals surface area contributed by atoms with E-state index >= 15 is 0 Å². The number of nitrogens with zero attached hydrogens (tertiary/aromatic N) is 1. The van der Waals surface area contributed by atoms with Crippen LogP contribution >= 0.6 is 15.9 Å². The molecule has 0 spiro atoms. The summed E-state index contributed by atoms with van der Waals surface area (Å²) < 4.78 is 12.1. The van der Waals surface area contributed by atoms with Gasteiger partial charge in [-0.05, 0) is 30.3 Å². The lowest BCUT2D eigenvalue weighted by atomic mass is 10.2. The highest BCUT2D eigenvalue weighted by Gasteiger charge is 2.12. The standard InChI is InChI=1S/C14H10BrNO2/c1-17-12-5-4-11(15)10-7-13(18-14(10)12)9-3-2-6-16-8-9/h2-8H,1H3. The third-order valence-electron chi connectivity index (χ3n) is 2.76. The summed E-state index contributed by atoms with van der Waals surface area (Å²) in [4.78, 5) is 4.09. The van der Waals surface area contributed by atoms with Crippen LogP contribution in [0.25, 0.3) is 22.3 Å². The van der Waals surface area contributed by atoms with Gasteiger partial charge in [0.1, 0.15) is 5.76 Å². The number of furan rings is 1. The van der Waals surface area contributed by atoms with E-state index in [9.17, 15) is 0 Å². The quantitative estimate of drug-likeness (QED) is 0.709. The van der Waals surface area contributed by atoms with Crippen molar-refractivity contribution in [3.63, 3.8) is 0 Å². The van der Waals surface area contributed by atoms with Gasteiger partial charge in [-0.3, -0.25) is 4.98 Å². The maximum atomic E-state index is 5.86. The normalized spacial score (nSPS) is 10.8. The third kappa shape index (κ3) is 1.78. The number of hydrogen-bond donors (Lipinski definition) is 0. The van der Waals surface area contributed by atoms with Crippen molar-refractivity contribution < 1.29 is 9.15 Å². The van der Waals surface area contributed by atoms with Crippen molar-refractivity contribution in [3.05, 3.63) is 47.2 Å². The molecule has 0 bridgehead atoms. The molecule has 0 aliphatic rings. The average molecular weight is 304 g/mol. The zero-order valence-corrected chi connectivity index (χ0v) is 11.3. The topological polar surface area (TPSA) is 35.3 Å². The molecule has 0 atom stereocenters. The van der Waals surface area contributed by atoms with Crippen LogP contribution in [0.1, 0.15) is 0 Å². The van der Waals surface area contributed by atoms with Gasteiger partial charge in [0.25, 0.3) is 0 Å². The van der Waals surface area contributed by atoms with Gasteiger partial charge in [0.15, 0.2) is 11.3 Å². The lowest BCUT2D eigenvalue weighted by Gasteiger charge is -2.00. The summed E-state index contributed by atoms with van der Waals surface area (Å²) in [6.45, 7) is 0. The Balaban J connectivity index is 2.25. The largest absolute Gasteiger partial charge is 0.493 e. The number of pyridine rings is 1. The minimum atomic E-state index is 0.725. The van der Waals surface area contributed by atoms with Crippen molar-refractivity contribution in [2.45, 2.75) is 0 Å². The number of methoxy groups -OCH3 is 1. The average Bonchev–Trinajstić information content (AvgIpc) is 2.86. The van der Waals surface area contributed by atoms with Gasteiger partial charge in [-0.25, -0.2) is 0 Å². The van der Waals surface area contributed by atoms with Crippen LogP contribution in [-0.2, 0) is 0 Å². The highest BCUT2D eigenvalue weighted by Crippen LogP contribution is 2.37. The van der Waals surface area contributed by atoms with E-state index in [4.69, 9.17) is 9.15 Å². The highest BCUT2D eigenvalue weighted by atomic mass is 79.9. The molecule has 0 radical (unpaired) electrons. The van der Waals surface area contributed by atoms with Crippen molar-refractivity contribution in [2.24, 2.45) is 0 Å². The van der Waals surface area contributed by atoms with Crippen molar-refractivity contribution in [1.29, 1.82) is 0 Å². The Labute approximate surface area is 113 Å². The predicted molar refractivity (Wildman–Crippen MR) is 73.7 cm³/mol. The Bertz CT molecular complexity index is 692. The molecule has 0 aliphatic carbocycles. The molecule has 3 aromatic rings. The molecule has 0 amide bonds. The lowest BCUT2D eigenvalue weighted by Crippen LogP contribution is -1.82. The molecule has 4 heteroatoms. The predicted octanol–water partition coefficient (Wildman–Crippen LogP) is 4.27. The van der Waals surface area contributed by atoms with E-state index in [1.54, 1.807) is 19.5 Å². The zero-order valence-electron chi connectivity index (χ0n) is 9.68. The lowest BCUT2D eigenvalue weighted by molar-refractivity contribution is 0.411. The minimum Gasteiger partial charge on any atom is -0.493 e. The minimum absolute atomic E-state index is 0.725. The Morgan fingerprint density at radius 2 is 2.17 bits per heavy atom. The summed E-state index contributed by atoms with van der Waals surface area (Å²) in [6, 6.07) is 9.66. The van der Waals surface area contributed by atoms with E-state index in [1.165, 1.54) is 0 Å². The molecule has 2 heterocycles. The fourth-order valence-corrected chi connectivity index (χ4v) is 2.30. The highest BCUT2D eigenvalue weighted by molar-refractivity contribution is 9.10. The molecular formula is C14H10BrNO2. The third-order valence-corrected chi connectivity index (χ3v) is 3.45. The molecule has 3 nitrogen and oxygen atoms in total. The molecule has 0 N–H and O–H groups in total. The molecule has 0 unspecified atom stereocenters. The summed E-state index contributed by atoms with van der Waals surface area (Å²) in [6.07, 6.45) is 3.51. The molecule has 2 aromatic heterocycles. The number of benzene rings is 1. The van der Waals surface area contributed by atoms with Crippen LogP contribution in [0, 0.1) is 0 Å². The van der Waals surface area contributed by atoms with Gasteiger partial charge in [0, 0.05) is 27.8 Å². The SMILES string of the molecule is COc1ccc(Br)c2cc(-c3cccnc3)oc12. The maximum absolute atomic E-state index is 5.86. The molecule has 0 fully saturated rings. The summed E-state index contributed by atoms with van der Waals surface area (Å²) in [5, 5.41) is 0.994. The van der Waals surface area contributed by atoms with Crippen molar-refractivity contribution in [2.75, 3.05) is 7.11 Å². The van der Waals surface area contributed by atoms with E-state index in [0.717, 1.165) is 32.5 Å². The van der Waals surface area contributed by atoms with Crippen LogP contribution in [0.4, 0.5) is 0 Å². The molecular weight excluding hydrogens is 294 g/mol. The van der Waals surface area contributed by atoms with Crippen molar-refractivity contribution in [1.82, 2.24) is 4.98 Å². The summed E-state index contributed by atoms with van der Waals surface area (Å²) in [5.74, 6) is 1.51. The second-order valence-electron chi connectivity index (χ2n) is 3.84. The van der Waals surface area contributed by atoms with Gasteiger partial charge in [0.05, 0.1) is 7.11 Å². The maximum Gasteiger partial charge on any atom is 0.177 e. The van der Waals surface area contributed by atoms with Gasteiger partial charge in [-0.1, -0.05) is 15.9 Å². The van der Waals surface area contributed by atoms with Crippen LogP contribution < -0.4 is 4.74 Å². The molecule has 1 aromatic carbocycles. The number of fused-ring (bicyclic) bond motifs is 1. The molecule has 90 valence electrons. The fraction of sp³-hybridized carbons (Fsp3) is 0.0714.